The highest BCUT2D eigenvalue weighted by Crippen LogP contribution is 2.29. The topological polar surface area (TPSA) is 39.1 Å². The van der Waals surface area contributed by atoms with Crippen LogP contribution in [0.3, 0.4) is 0 Å². The first-order chi connectivity index (χ1) is 7.43. The van der Waals surface area contributed by atoms with Crippen LogP contribution in [0.1, 0.15) is 40.5 Å². The van der Waals surface area contributed by atoms with Crippen molar-refractivity contribution >= 4 is 0 Å². The second-order valence-electron chi connectivity index (χ2n) is 5.97. The third-order valence-electron chi connectivity index (χ3n) is 3.34. The lowest BCUT2D eigenvalue weighted by molar-refractivity contribution is 0.127. The van der Waals surface area contributed by atoms with Crippen LogP contribution >= 0.6 is 0 Å². The molecule has 1 aliphatic rings. The maximum atomic E-state index is 9.07. The fourth-order valence-corrected chi connectivity index (χ4v) is 2.13. The second-order valence-corrected chi connectivity index (χ2v) is 5.97. The highest BCUT2D eigenvalue weighted by atomic mass is 15.2. The Kier molecular flexibility index (Phi) is 4.76. The summed E-state index contributed by atoms with van der Waals surface area (Å²) in [5.74, 6) is 0. The van der Waals surface area contributed by atoms with E-state index in [1.165, 1.54) is 12.8 Å². The Hall–Kier alpha value is -0.590. The van der Waals surface area contributed by atoms with Crippen LogP contribution in [0.2, 0.25) is 0 Å². The maximum Gasteiger partial charge on any atom is 0.108 e. The molecule has 1 rings (SSSR count). The molecular formula is C13H25N3. The zero-order chi connectivity index (χ0) is 12.2. The largest absolute Gasteiger partial charge is 0.301 e. The van der Waals surface area contributed by atoms with Crippen molar-refractivity contribution in [2.75, 3.05) is 19.6 Å². The summed E-state index contributed by atoms with van der Waals surface area (Å²) >= 11 is 0. The second kappa shape index (κ2) is 5.65. The Morgan fingerprint density at radius 1 is 1.31 bits per heavy atom. The van der Waals surface area contributed by atoms with E-state index in [1.807, 2.05) is 0 Å². The lowest BCUT2D eigenvalue weighted by Gasteiger charge is -2.37. The van der Waals surface area contributed by atoms with Gasteiger partial charge in [-0.05, 0) is 45.2 Å². The summed E-state index contributed by atoms with van der Waals surface area (Å²) in [6.45, 7) is 12.0. The molecule has 1 unspecified atom stereocenters. The Morgan fingerprint density at radius 2 is 1.88 bits per heavy atom. The summed E-state index contributed by atoms with van der Waals surface area (Å²) in [6.07, 6.45) is 2.49. The summed E-state index contributed by atoms with van der Waals surface area (Å²) in [6, 6.07) is 2.70. The smallest absolute Gasteiger partial charge is 0.108 e. The summed E-state index contributed by atoms with van der Waals surface area (Å²) in [7, 11) is 0. The van der Waals surface area contributed by atoms with Crippen molar-refractivity contribution < 1.29 is 0 Å². The highest BCUT2D eigenvalue weighted by Gasteiger charge is 2.26. The number of hydrogen-bond donors (Lipinski definition) is 1. The van der Waals surface area contributed by atoms with Gasteiger partial charge < -0.3 is 4.90 Å². The van der Waals surface area contributed by atoms with Gasteiger partial charge in [0.2, 0.25) is 0 Å². The van der Waals surface area contributed by atoms with Crippen LogP contribution in [0.4, 0.5) is 0 Å². The van der Waals surface area contributed by atoms with E-state index in [4.69, 9.17) is 5.26 Å². The molecule has 1 atom stereocenters. The quantitative estimate of drug-likeness (QED) is 0.792. The molecule has 0 saturated carbocycles. The highest BCUT2D eigenvalue weighted by molar-refractivity contribution is 4.94. The number of nitrogens with zero attached hydrogens (tertiary/aromatic N) is 2. The lowest BCUT2D eigenvalue weighted by atomic mass is 9.82. The van der Waals surface area contributed by atoms with E-state index in [1.54, 1.807) is 0 Å². The minimum atomic E-state index is -0.0267. The predicted octanol–water partition coefficient (Wildman–Crippen LogP) is 2.00. The molecule has 3 heteroatoms. The standard InChI is InChI=1S/C13H25N3/c1-11(2)15-12(9-14)10-16-7-5-13(3,4)6-8-16/h11-12,15H,5-8,10H2,1-4H3. The first-order valence-electron chi connectivity index (χ1n) is 6.31. The number of nitriles is 1. The molecule has 0 aromatic heterocycles. The Morgan fingerprint density at radius 3 is 2.31 bits per heavy atom. The Balaban J connectivity index is 2.35. The Labute approximate surface area is 99.8 Å². The van der Waals surface area contributed by atoms with Crippen molar-refractivity contribution in [2.45, 2.75) is 52.6 Å². The zero-order valence-electron chi connectivity index (χ0n) is 11.1. The van der Waals surface area contributed by atoms with Crippen LogP contribution in [0.5, 0.6) is 0 Å². The van der Waals surface area contributed by atoms with E-state index in [9.17, 15) is 0 Å². The van der Waals surface area contributed by atoms with Gasteiger partial charge in [-0.25, -0.2) is 0 Å². The van der Waals surface area contributed by atoms with Crippen LogP contribution in [0.25, 0.3) is 0 Å². The number of piperidine rings is 1. The number of likely N-dealkylation sites (tertiary alicyclic amines) is 1. The van der Waals surface area contributed by atoms with E-state index in [0.717, 1.165) is 19.6 Å². The van der Waals surface area contributed by atoms with Gasteiger partial charge in [-0.15, -0.1) is 0 Å². The summed E-state index contributed by atoms with van der Waals surface area (Å²) in [4.78, 5) is 2.41. The molecule has 1 saturated heterocycles. The summed E-state index contributed by atoms with van der Waals surface area (Å²) in [5.41, 5.74) is 0.490. The third kappa shape index (κ3) is 4.51. The van der Waals surface area contributed by atoms with Crippen molar-refractivity contribution in [3.8, 4) is 6.07 Å². The van der Waals surface area contributed by atoms with E-state index in [-0.39, 0.29) is 6.04 Å². The fourth-order valence-electron chi connectivity index (χ4n) is 2.13. The third-order valence-corrected chi connectivity index (χ3v) is 3.34. The van der Waals surface area contributed by atoms with Gasteiger partial charge in [-0.2, -0.15) is 5.26 Å². The molecule has 0 aromatic rings. The fraction of sp³-hybridized carbons (Fsp3) is 0.923. The average molecular weight is 223 g/mol. The van der Waals surface area contributed by atoms with E-state index >= 15 is 0 Å². The molecule has 3 nitrogen and oxygen atoms in total. The van der Waals surface area contributed by atoms with Crippen molar-refractivity contribution in [3.63, 3.8) is 0 Å². The molecule has 16 heavy (non-hydrogen) atoms. The van der Waals surface area contributed by atoms with Gasteiger partial charge in [0, 0.05) is 12.6 Å². The lowest BCUT2D eigenvalue weighted by Crippen LogP contribution is -2.46. The van der Waals surface area contributed by atoms with Crippen LogP contribution in [0.15, 0.2) is 0 Å². The molecule has 0 aliphatic carbocycles. The molecule has 92 valence electrons. The van der Waals surface area contributed by atoms with Gasteiger partial charge in [-0.1, -0.05) is 13.8 Å². The molecule has 0 aromatic carbocycles. The van der Waals surface area contributed by atoms with Gasteiger partial charge in [-0.3, -0.25) is 5.32 Å². The first-order valence-corrected chi connectivity index (χ1v) is 6.31. The molecule has 1 heterocycles. The van der Waals surface area contributed by atoms with Crippen molar-refractivity contribution in [2.24, 2.45) is 5.41 Å². The molecule has 1 fully saturated rings. The van der Waals surface area contributed by atoms with Crippen molar-refractivity contribution in [3.05, 3.63) is 0 Å². The van der Waals surface area contributed by atoms with Crippen LogP contribution in [0, 0.1) is 16.7 Å². The van der Waals surface area contributed by atoms with Crippen LogP contribution in [-0.4, -0.2) is 36.6 Å². The average Bonchev–Trinajstić information content (AvgIpc) is 2.19. The predicted molar refractivity (Wildman–Crippen MR) is 67.1 cm³/mol. The van der Waals surface area contributed by atoms with E-state index in [0.29, 0.717) is 11.5 Å². The first kappa shape index (κ1) is 13.5. The van der Waals surface area contributed by atoms with Gasteiger partial charge in [0.25, 0.3) is 0 Å². The van der Waals surface area contributed by atoms with Gasteiger partial charge in [0.05, 0.1) is 6.07 Å². The molecule has 0 bridgehead atoms. The zero-order valence-corrected chi connectivity index (χ0v) is 11.1. The van der Waals surface area contributed by atoms with E-state index < -0.39 is 0 Å². The molecule has 1 N–H and O–H groups in total. The Bertz CT molecular complexity index is 242. The summed E-state index contributed by atoms with van der Waals surface area (Å²) in [5, 5.41) is 12.4. The number of rotatable bonds is 4. The van der Waals surface area contributed by atoms with Crippen molar-refractivity contribution in [1.82, 2.24) is 10.2 Å². The number of nitrogens with one attached hydrogen (secondary N) is 1. The number of hydrogen-bond acceptors (Lipinski definition) is 3. The molecular weight excluding hydrogens is 198 g/mol. The van der Waals surface area contributed by atoms with E-state index in [2.05, 4.69) is 44.0 Å². The molecule has 0 spiro atoms. The van der Waals surface area contributed by atoms with Gasteiger partial charge in [0.1, 0.15) is 6.04 Å². The van der Waals surface area contributed by atoms with Crippen molar-refractivity contribution in [1.29, 1.82) is 5.26 Å². The minimum Gasteiger partial charge on any atom is -0.301 e. The monoisotopic (exact) mass is 223 g/mol. The van der Waals surface area contributed by atoms with Gasteiger partial charge in [0.15, 0.2) is 0 Å². The maximum absolute atomic E-state index is 9.07. The summed E-state index contributed by atoms with van der Waals surface area (Å²) < 4.78 is 0. The molecule has 0 radical (unpaired) electrons. The molecule has 1 aliphatic heterocycles. The van der Waals surface area contributed by atoms with Crippen LogP contribution < -0.4 is 5.32 Å². The van der Waals surface area contributed by atoms with Crippen LogP contribution in [-0.2, 0) is 0 Å². The SMILES string of the molecule is CC(C)NC(C#N)CN1CCC(C)(C)CC1. The van der Waals surface area contributed by atoms with Gasteiger partial charge >= 0.3 is 0 Å². The normalized spacial score (nSPS) is 23.0. The molecule has 0 amide bonds. The minimum absolute atomic E-state index is 0.0267.